The summed E-state index contributed by atoms with van der Waals surface area (Å²) >= 11 is 12.3. The normalized spacial score (nSPS) is 14.1. The molecule has 0 atom stereocenters. The maximum absolute atomic E-state index is 12.3. The second kappa shape index (κ2) is 7.47. The van der Waals surface area contributed by atoms with Gasteiger partial charge in [0, 0.05) is 27.2 Å². The number of anilines is 1. The van der Waals surface area contributed by atoms with Crippen LogP contribution in [0.1, 0.15) is 28.8 Å². The molecule has 0 saturated heterocycles. The Bertz CT molecular complexity index is 906. The lowest BCUT2D eigenvalue weighted by atomic mass is 10.1. The van der Waals surface area contributed by atoms with Crippen LogP contribution < -0.4 is 9.62 Å². The van der Waals surface area contributed by atoms with Crippen LogP contribution in [0.15, 0.2) is 42.5 Å². The van der Waals surface area contributed by atoms with Gasteiger partial charge in [-0.25, -0.2) is 8.42 Å². The molecule has 0 bridgehead atoms. The molecule has 0 spiro atoms. The van der Waals surface area contributed by atoms with E-state index in [1.807, 2.05) is 0 Å². The predicted octanol–water partition coefficient (Wildman–Crippen LogP) is 3.85. The number of benzene rings is 2. The maximum atomic E-state index is 12.3. The molecule has 1 aliphatic carbocycles. The van der Waals surface area contributed by atoms with Gasteiger partial charge in [0.2, 0.25) is 10.0 Å². The smallest absolute Gasteiger partial charge is 0.251 e. The summed E-state index contributed by atoms with van der Waals surface area (Å²) in [4.78, 5) is 12.1. The summed E-state index contributed by atoms with van der Waals surface area (Å²) in [5.74, 6) is -0.154. The summed E-state index contributed by atoms with van der Waals surface area (Å²) in [6.07, 6.45) is 3.13. The van der Waals surface area contributed by atoms with Gasteiger partial charge in [0.1, 0.15) is 0 Å². The third-order valence-electron chi connectivity index (χ3n) is 4.09. The van der Waals surface area contributed by atoms with Crippen LogP contribution in [-0.4, -0.2) is 26.6 Å². The Balaban J connectivity index is 1.87. The first kappa shape index (κ1) is 19.0. The number of carbonyl (C=O) groups is 1. The number of rotatable bonds is 6. The Hall–Kier alpha value is -1.76. The number of nitrogens with one attached hydrogen (secondary N) is 1. The van der Waals surface area contributed by atoms with Crippen molar-refractivity contribution in [3.63, 3.8) is 0 Å². The van der Waals surface area contributed by atoms with E-state index in [-0.39, 0.29) is 18.5 Å². The first-order chi connectivity index (χ1) is 12.3. The molecule has 5 nitrogen and oxygen atoms in total. The number of amides is 1. The lowest BCUT2D eigenvalue weighted by Gasteiger charge is -2.23. The number of hydrogen-bond donors (Lipinski definition) is 1. The van der Waals surface area contributed by atoms with Gasteiger partial charge in [0.15, 0.2) is 0 Å². The Morgan fingerprint density at radius 3 is 2.19 bits per heavy atom. The van der Waals surface area contributed by atoms with Gasteiger partial charge in [-0.1, -0.05) is 29.3 Å². The van der Waals surface area contributed by atoms with Crippen molar-refractivity contribution in [3.05, 3.63) is 63.6 Å². The van der Waals surface area contributed by atoms with E-state index in [0.717, 1.165) is 19.1 Å². The van der Waals surface area contributed by atoms with Crippen molar-refractivity contribution < 1.29 is 13.2 Å². The zero-order valence-electron chi connectivity index (χ0n) is 14.1. The fourth-order valence-corrected chi connectivity index (χ4v) is 3.89. The first-order valence-corrected chi connectivity index (χ1v) is 10.7. The first-order valence-electron chi connectivity index (χ1n) is 8.07. The van der Waals surface area contributed by atoms with Gasteiger partial charge < -0.3 is 5.32 Å². The molecule has 138 valence electrons. The van der Waals surface area contributed by atoms with E-state index in [2.05, 4.69) is 5.32 Å². The molecule has 0 heterocycles. The highest BCUT2D eigenvalue weighted by Crippen LogP contribution is 2.29. The van der Waals surface area contributed by atoms with Crippen LogP contribution >= 0.6 is 23.2 Å². The monoisotopic (exact) mass is 412 g/mol. The van der Waals surface area contributed by atoms with E-state index in [0.29, 0.717) is 26.9 Å². The van der Waals surface area contributed by atoms with Crippen molar-refractivity contribution in [1.82, 2.24) is 5.32 Å². The third-order valence-corrected chi connectivity index (χ3v) is 5.94. The molecule has 1 saturated carbocycles. The molecule has 26 heavy (non-hydrogen) atoms. The minimum absolute atomic E-state index is 0.00492. The van der Waals surface area contributed by atoms with Gasteiger partial charge in [0.05, 0.1) is 18.5 Å². The molecule has 2 aromatic carbocycles. The number of sulfonamides is 1. The van der Waals surface area contributed by atoms with Crippen LogP contribution in [0.4, 0.5) is 5.69 Å². The molecule has 0 radical (unpaired) electrons. The second-order valence-corrected chi connectivity index (χ2v) is 8.99. The molecule has 8 heteroatoms. The van der Waals surface area contributed by atoms with Gasteiger partial charge in [-0.3, -0.25) is 9.10 Å². The molecule has 1 aliphatic rings. The number of halogens is 2. The zero-order valence-corrected chi connectivity index (χ0v) is 16.4. The van der Waals surface area contributed by atoms with E-state index >= 15 is 0 Å². The molecule has 0 aromatic heterocycles. The number of nitrogens with zero attached hydrogens (tertiary/aromatic N) is 1. The van der Waals surface area contributed by atoms with Crippen LogP contribution in [-0.2, 0) is 16.6 Å². The van der Waals surface area contributed by atoms with Crippen molar-refractivity contribution in [1.29, 1.82) is 0 Å². The predicted molar refractivity (Wildman–Crippen MR) is 104 cm³/mol. The maximum Gasteiger partial charge on any atom is 0.251 e. The quantitative estimate of drug-likeness (QED) is 0.783. The number of carbonyl (C=O) groups excluding carboxylic acids is 1. The fourth-order valence-electron chi connectivity index (χ4n) is 2.50. The van der Waals surface area contributed by atoms with Gasteiger partial charge >= 0.3 is 0 Å². The van der Waals surface area contributed by atoms with E-state index < -0.39 is 10.0 Å². The average molecular weight is 413 g/mol. The molecule has 0 unspecified atom stereocenters. The van der Waals surface area contributed by atoms with Crippen LogP contribution in [0, 0.1) is 0 Å². The van der Waals surface area contributed by atoms with Gasteiger partial charge in [-0.2, -0.15) is 0 Å². The van der Waals surface area contributed by atoms with E-state index in [1.54, 1.807) is 42.5 Å². The molecular weight excluding hydrogens is 395 g/mol. The highest BCUT2D eigenvalue weighted by atomic mass is 35.5. The SMILES string of the molecule is CS(=O)(=O)N(Cc1c(Cl)cccc1Cl)c1ccc(C(=O)NC2CC2)cc1. The van der Waals surface area contributed by atoms with Crippen LogP contribution in [0.25, 0.3) is 0 Å². The Morgan fingerprint density at radius 1 is 1.12 bits per heavy atom. The molecular formula is C18H18Cl2N2O3S. The largest absolute Gasteiger partial charge is 0.349 e. The summed E-state index contributed by atoms with van der Waals surface area (Å²) in [6, 6.07) is 11.7. The summed E-state index contributed by atoms with van der Waals surface area (Å²) in [5.41, 5.74) is 1.45. The minimum Gasteiger partial charge on any atom is -0.349 e. The molecule has 1 N–H and O–H groups in total. The molecule has 2 aromatic rings. The number of hydrogen-bond acceptors (Lipinski definition) is 3. The molecule has 0 aliphatic heterocycles. The van der Waals surface area contributed by atoms with Crippen molar-refractivity contribution in [3.8, 4) is 0 Å². The minimum atomic E-state index is -3.58. The topological polar surface area (TPSA) is 66.5 Å². The van der Waals surface area contributed by atoms with Crippen LogP contribution in [0.2, 0.25) is 10.0 Å². The molecule has 1 fully saturated rings. The van der Waals surface area contributed by atoms with Crippen molar-refractivity contribution >= 4 is 44.8 Å². The summed E-state index contributed by atoms with van der Waals surface area (Å²) < 4.78 is 25.8. The Kier molecular flexibility index (Phi) is 5.46. The summed E-state index contributed by atoms with van der Waals surface area (Å²) in [6.45, 7) is 0.00492. The highest BCUT2D eigenvalue weighted by Gasteiger charge is 2.24. The van der Waals surface area contributed by atoms with Gasteiger partial charge in [-0.05, 0) is 49.2 Å². The third kappa shape index (κ3) is 4.50. The Labute approximate surface area is 163 Å². The molecule has 3 rings (SSSR count). The zero-order chi connectivity index (χ0) is 18.9. The Morgan fingerprint density at radius 2 is 1.69 bits per heavy atom. The standard InChI is InChI=1S/C18H18Cl2N2O3S/c1-26(24,25)22(11-15-16(19)3-2-4-17(15)20)14-9-5-12(6-10-14)18(23)21-13-7-8-13/h2-6,9-10,13H,7-8,11H2,1H3,(H,21,23). The lowest BCUT2D eigenvalue weighted by molar-refractivity contribution is 0.0951. The molecule has 1 amide bonds. The van der Waals surface area contributed by atoms with Gasteiger partial charge in [0.25, 0.3) is 5.91 Å². The van der Waals surface area contributed by atoms with E-state index in [1.165, 1.54) is 4.31 Å². The van der Waals surface area contributed by atoms with E-state index in [9.17, 15) is 13.2 Å². The summed E-state index contributed by atoms with van der Waals surface area (Å²) in [5, 5.41) is 3.69. The van der Waals surface area contributed by atoms with Gasteiger partial charge in [-0.15, -0.1) is 0 Å². The van der Waals surface area contributed by atoms with Crippen molar-refractivity contribution in [2.24, 2.45) is 0 Å². The second-order valence-electron chi connectivity index (χ2n) is 6.26. The van der Waals surface area contributed by atoms with Crippen molar-refractivity contribution in [2.75, 3.05) is 10.6 Å². The van der Waals surface area contributed by atoms with Crippen molar-refractivity contribution in [2.45, 2.75) is 25.4 Å². The highest BCUT2D eigenvalue weighted by molar-refractivity contribution is 7.92. The van der Waals surface area contributed by atoms with Crippen LogP contribution in [0.3, 0.4) is 0 Å². The average Bonchev–Trinajstić information content (AvgIpc) is 3.37. The van der Waals surface area contributed by atoms with E-state index in [4.69, 9.17) is 23.2 Å². The fraction of sp³-hybridized carbons (Fsp3) is 0.278. The lowest BCUT2D eigenvalue weighted by Crippen LogP contribution is -2.30. The summed E-state index contributed by atoms with van der Waals surface area (Å²) in [7, 11) is -3.58. The van der Waals surface area contributed by atoms with Crippen LogP contribution in [0.5, 0.6) is 0 Å².